The molecule has 0 radical (unpaired) electrons. The highest BCUT2D eigenvalue weighted by molar-refractivity contribution is 7.09. The van der Waals surface area contributed by atoms with Crippen molar-refractivity contribution in [3.05, 3.63) is 16.1 Å². The highest BCUT2D eigenvalue weighted by atomic mass is 32.1. The molecule has 112 valence electrons. The second kappa shape index (κ2) is 7.84. The Balaban J connectivity index is 2.41. The smallest absolute Gasteiger partial charge is 0.317 e. The first-order chi connectivity index (χ1) is 9.43. The predicted molar refractivity (Wildman–Crippen MR) is 77.8 cm³/mol. The number of nitrogens with zero attached hydrogens (tertiary/aromatic N) is 2. The number of carboxylic acids is 1. The molecule has 1 atom stereocenters. The zero-order valence-corrected chi connectivity index (χ0v) is 12.9. The third-order valence-corrected chi connectivity index (χ3v) is 4.07. The molecule has 6 nitrogen and oxygen atoms in total. The molecule has 1 heterocycles. The van der Waals surface area contributed by atoms with Crippen LogP contribution in [-0.4, -0.2) is 40.6 Å². The van der Waals surface area contributed by atoms with Crippen molar-refractivity contribution in [1.82, 2.24) is 15.2 Å². The van der Waals surface area contributed by atoms with Gasteiger partial charge in [-0.15, -0.1) is 11.3 Å². The topological polar surface area (TPSA) is 82.5 Å². The van der Waals surface area contributed by atoms with Crippen LogP contribution < -0.4 is 5.32 Å². The molecule has 1 rings (SSSR count). The van der Waals surface area contributed by atoms with E-state index in [1.165, 1.54) is 11.3 Å². The minimum atomic E-state index is -0.834. The maximum atomic E-state index is 11.9. The Labute approximate surface area is 122 Å². The molecule has 1 unspecified atom stereocenters. The van der Waals surface area contributed by atoms with E-state index >= 15 is 0 Å². The summed E-state index contributed by atoms with van der Waals surface area (Å²) in [5, 5.41) is 11.5. The molecule has 0 aromatic carbocycles. The largest absolute Gasteiger partial charge is 0.481 e. The highest BCUT2D eigenvalue weighted by Gasteiger charge is 2.15. The molecule has 2 amide bonds. The van der Waals surface area contributed by atoms with Gasteiger partial charge in [0.15, 0.2) is 0 Å². The lowest BCUT2D eigenvalue weighted by Gasteiger charge is -2.20. The number of hydrogen-bond acceptors (Lipinski definition) is 4. The fourth-order valence-electron chi connectivity index (χ4n) is 1.74. The van der Waals surface area contributed by atoms with Crippen LogP contribution in [0.4, 0.5) is 4.79 Å². The van der Waals surface area contributed by atoms with E-state index in [9.17, 15) is 9.59 Å². The third-order valence-electron chi connectivity index (χ3n) is 3.15. The monoisotopic (exact) mass is 299 g/mol. The van der Waals surface area contributed by atoms with E-state index in [1.54, 1.807) is 17.5 Å². The first-order valence-electron chi connectivity index (χ1n) is 6.53. The molecule has 0 saturated heterocycles. The predicted octanol–water partition coefficient (Wildman–Crippen LogP) is 2.09. The van der Waals surface area contributed by atoms with Crippen LogP contribution in [0.15, 0.2) is 5.51 Å². The van der Waals surface area contributed by atoms with Crippen LogP contribution in [0.25, 0.3) is 0 Å². The van der Waals surface area contributed by atoms with Crippen molar-refractivity contribution in [2.24, 2.45) is 5.92 Å². The lowest BCUT2D eigenvalue weighted by molar-refractivity contribution is -0.138. The van der Waals surface area contributed by atoms with Crippen LogP contribution in [0.3, 0.4) is 0 Å². The zero-order chi connectivity index (χ0) is 15.1. The normalized spacial score (nSPS) is 11.9. The van der Waals surface area contributed by atoms with Gasteiger partial charge in [-0.2, -0.15) is 0 Å². The van der Waals surface area contributed by atoms with Crippen LogP contribution in [-0.2, 0) is 11.3 Å². The summed E-state index contributed by atoms with van der Waals surface area (Å²) in [6.07, 6.45) is 0.804. The number of aryl methyl sites for hydroxylation is 1. The fraction of sp³-hybridized carbons (Fsp3) is 0.615. The van der Waals surface area contributed by atoms with Crippen molar-refractivity contribution in [3.63, 3.8) is 0 Å². The Morgan fingerprint density at radius 2 is 2.25 bits per heavy atom. The second-order valence-electron chi connectivity index (χ2n) is 4.78. The maximum Gasteiger partial charge on any atom is 0.317 e. The number of aromatic nitrogens is 1. The highest BCUT2D eigenvalue weighted by Crippen LogP contribution is 2.14. The molecule has 0 saturated carbocycles. The van der Waals surface area contributed by atoms with Gasteiger partial charge < -0.3 is 15.3 Å². The number of carboxylic acid groups (broad SMARTS) is 1. The Kier molecular flexibility index (Phi) is 6.44. The van der Waals surface area contributed by atoms with E-state index in [-0.39, 0.29) is 18.4 Å². The quantitative estimate of drug-likeness (QED) is 0.807. The molecule has 2 N–H and O–H groups in total. The Hall–Kier alpha value is -1.63. The first-order valence-corrected chi connectivity index (χ1v) is 7.41. The van der Waals surface area contributed by atoms with Gasteiger partial charge in [-0.3, -0.25) is 4.79 Å². The van der Waals surface area contributed by atoms with Crippen molar-refractivity contribution in [1.29, 1.82) is 0 Å². The summed E-state index contributed by atoms with van der Waals surface area (Å²) in [7, 11) is 1.71. The molecular formula is C13H21N3O3S. The van der Waals surface area contributed by atoms with Crippen molar-refractivity contribution >= 4 is 23.3 Å². The standard InChI is InChI=1S/C13H21N3O3S/c1-4-10(5-12(17)18)6-14-13(19)16(3)7-11-9(2)15-8-20-11/h8,10H,4-7H2,1-3H3,(H,14,19)(H,17,18). The van der Waals surface area contributed by atoms with E-state index in [1.807, 2.05) is 13.8 Å². The number of rotatable bonds is 7. The molecule has 0 aliphatic carbocycles. The summed E-state index contributed by atoms with van der Waals surface area (Å²) in [6.45, 7) is 4.73. The number of thiazole rings is 1. The number of urea groups is 1. The van der Waals surface area contributed by atoms with Crippen molar-refractivity contribution in [3.8, 4) is 0 Å². The molecule has 7 heteroatoms. The van der Waals surface area contributed by atoms with E-state index < -0.39 is 5.97 Å². The lowest BCUT2D eigenvalue weighted by atomic mass is 10.0. The molecular weight excluding hydrogens is 278 g/mol. The van der Waals surface area contributed by atoms with E-state index in [0.717, 1.165) is 17.0 Å². The molecule has 1 aromatic rings. The number of hydrogen-bond donors (Lipinski definition) is 2. The van der Waals surface area contributed by atoms with Crippen LogP contribution in [0.1, 0.15) is 30.3 Å². The van der Waals surface area contributed by atoms with Gasteiger partial charge in [-0.25, -0.2) is 9.78 Å². The number of carbonyl (C=O) groups is 2. The van der Waals surface area contributed by atoms with Gasteiger partial charge in [0.25, 0.3) is 0 Å². The van der Waals surface area contributed by atoms with Gasteiger partial charge in [0.05, 0.1) is 17.7 Å². The Bertz CT molecular complexity index is 461. The molecule has 0 spiro atoms. The summed E-state index contributed by atoms with van der Waals surface area (Å²) in [4.78, 5) is 29.4. The lowest BCUT2D eigenvalue weighted by Crippen LogP contribution is -2.39. The van der Waals surface area contributed by atoms with Crippen molar-refractivity contribution in [2.45, 2.75) is 33.2 Å². The third kappa shape index (κ3) is 5.16. The number of aliphatic carboxylic acids is 1. The molecule has 0 aliphatic heterocycles. The average Bonchev–Trinajstić information content (AvgIpc) is 2.79. The van der Waals surface area contributed by atoms with Gasteiger partial charge in [-0.05, 0) is 12.8 Å². The van der Waals surface area contributed by atoms with Crippen molar-refractivity contribution in [2.75, 3.05) is 13.6 Å². The molecule has 1 aromatic heterocycles. The summed E-state index contributed by atoms with van der Waals surface area (Å²) in [5.74, 6) is -0.866. The Morgan fingerprint density at radius 1 is 1.55 bits per heavy atom. The minimum Gasteiger partial charge on any atom is -0.481 e. The molecule has 0 bridgehead atoms. The maximum absolute atomic E-state index is 11.9. The fourth-order valence-corrected chi connectivity index (χ4v) is 2.57. The summed E-state index contributed by atoms with van der Waals surface area (Å²) in [5.41, 5.74) is 2.70. The van der Waals surface area contributed by atoms with Crippen LogP contribution >= 0.6 is 11.3 Å². The van der Waals surface area contributed by atoms with Gasteiger partial charge in [-0.1, -0.05) is 13.3 Å². The van der Waals surface area contributed by atoms with Crippen LogP contribution in [0, 0.1) is 12.8 Å². The van der Waals surface area contributed by atoms with Crippen molar-refractivity contribution < 1.29 is 14.7 Å². The number of nitrogens with one attached hydrogen (secondary N) is 1. The first kappa shape index (κ1) is 16.4. The van der Waals surface area contributed by atoms with E-state index in [2.05, 4.69) is 10.3 Å². The SMILES string of the molecule is CCC(CNC(=O)N(C)Cc1scnc1C)CC(=O)O. The molecule has 20 heavy (non-hydrogen) atoms. The van der Waals surface area contributed by atoms with E-state index in [4.69, 9.17) is 5.11 Å². The van der Waals surface area contributed by atoms with E-state index in [0.29, 0.717) is 13.1 Å². The molecule has 0 aliphatic rings. The summed E-state index contributed by atoms with van der Waals surface area (Å²) in [6, 6.07) is -0.193. The number of amides is 2. The number of carbonyl (C=O) groups excluding carboxylic acids is 1. The summed E-state index contributed by atoms with van der Waals surface area (Å²) < 4.78 is 0. The zero-order valence-electron chi connectivity index (χ0n) is 12.0. The van der Waals surface area contributed by atoms with Crippen LogP contribution in [0.5, 0.6) is 0 Å². The minimum absolute atomic E-state index is 0.0324. The Morgan fingerprint density at radius 3 is 2.75 bits per heavy atom. The van der Waals surface area contributed by atoms with Gasteiger partial charge in [0.2, 0.25) is 0 Å². The second-order valence-corrected chi connectivity index (χ2v) is 5.71. The van der Waals surface area contributed by atoms with Gasteiger partial charge in [0, 0.05) is 24.9 Å². The van der Waals surface area contributed by atoms with Gasteiger partial charge >= 0.3 is 12.0 Å². The van der Waals surface area contributed by atoms with Crippen LogP contribution in [0.2, 0.25) is 0 Å². The summed E-state index contributed by atoms with van der Waals surface area (Å²) >= 11 is 1.52. The van der Waals surface area contributed by atoms with Gasteiger partial charge in [0.1, 0.15) is 0 Å². The average molecular weight is 299 g/mol. The molecule has 0 fully saturated rings.